The van der Waals surface area contributed by atoms with E-state index in [0.29, 0.717) is 5.56 Å². The number of rotatable bonds is 9. The predicted molar refractivity (Wildman–Crippen MR) is 169 cm³/mol. The molecule has 0 spiro atoms. The molecule has 11 nitrogen and oxygen atoms in total. The standard InChI is InChI=1S/C34H26N3O4P.ClHO4/c38-33(26-15-5-1-6-16-26)36-31(34(39)35-30-23-13-14-24-32(30)37(40)41)25-42(27-17-7-2-8-18-27,28-19-9-3-10-20-28)29-21-11-4-12-22-29;2-1(3,4)5/h1-25H,(H-,35,36,38,39);(H,2,3,4,5). The van der Waals surface area contributed by atoms with Crippen LogP contribution in [0.3, 0.4) is 0 Å². The van der Waals surface area contributed by atoms with Crippen LogP contribution in [0.2, 0.25) is 0 Å². The third-order valence-electron chi connectivity index (χ3n) is 6.69. The quantitative estimate of drug-likeness (QED) is 0.100. The van der Waals surface area contributed by atoms with Crippen molar-refractivity contribution in [3.8, 4) is 0 Å². The maximum Gasteiger partial charge on any atom is 0.292 e. The molecule has 5 aromatic carbocycles. The van der Waals surface area contributed by atoms with Gasteiger partial charge in [-0.15, -0.1) is 10.2 Å². The van der Waals surface area contributed by atoms with Crippen LogP contribution >= 0.6 is 7.26 Å². The van der Waals surface area contributed by atoms with Gasteiger partial charge in [-0.05, 0) is 54.6 Å². The van der Waals surface area contributed by atoms with Crippen molar-refractivity contribution in [2.24, 2.45) is 0 Å². The zero-order chi connectivity index (χ0) is 33.9. The summed E-state index contributed by atoms with van der Waals surface area (Å²) in [6.45, 7) is 0. The van der Waals surface area contributed by atoms with Crippen LogP contribution in [-0.2, 0) is 4.79 Å². The fraction of sp³-hybridized carbons (Fsp3) is 0. The number of anilines is 1. The second kappa shape index (κ2) is 15.8. The predicted octanol–water partition coefficient (Wildman–Crippen LogP) is 1.04. The summed E-state index contributed by atoms with van der Waals surface area (Å²) in [4.78, 5) is 38.6. The summed E-state index contributed by atoms with van der Waals surface area (Å²) in [6, 6.07) is 44.0. The number of hydrogen-bond donors (Lipinski definition) is 2. The zero-order valence-electron chi connectivity index (χ0n) is 24.5. The maximum absolute atomic E-state index is 14.0. The summed E-state index contributed by atoms with van der Waals surface area (Å²) >= 11 is 0. The van der Waals surface area contributed by atoms with Gasteiger partial charge < -0.3 is 10.6 Å². The number of hydrogen-bond acceptors (Lipinski definition) is 8. The van der Waals surface area contributed by atoms with Crippen molar-refractivity contribution in [3.05, 3.63) is 173 Å². The Hall–Kier alpha value is -5.26. The van der Waals surface area contributed by atoms with Gasteiger partial charge in [-0.3, -0.25) is 19.7 Å². The molecular formula is C34H27ClN3O8P. The molecule has 0 fully saturated rings. The van der Waals surface area contributed by atoms with Gasteiger partial charge in [-0.1, -0.05) is 84.9 Å². The Bertz CT molecular complexity index is 1740. The Morgan fingerprint density at radius 1 is 0.617 bits per heavy atom. The lowest BCUT2D eigenvalue weighted by atomic mass is 10.2. The van der Waals surface area contributed by atoms with E-state index in [1.54, 1.807) is 36.4 Å². The van der Waals surface area contributed by atoms with Crippen molar-refractivity contribution in [2.75, 3.05) is 5.32 Å². The van der Waals surface area contributed by atoms with Gasteiger partial charge in [0, 0.05) is 11.6 Å². The number of halogens is 1. The van der Waals surface area contributed by atoms with E-state index in [0.717, 1.165) is 15.9 Å². The normalized spacial score (nSPS) is 11.4. The van der Waals surface area contributed by atoms with Crippen molar-refractivity contribution in [2.45, 2.75) is 0 Å². The molecule has 13 heteroatoms. The smallest absolute Gasteiger partial charge is 0.292 e. The van der Waals surface area contributed by atoms with Crippen LogP contribution in [0.4, 0.5) is 11.4 Å². The number of para-hydroxylation sites is 2. The second-order valence-corrected chi connectivity index (χ2v) is 13.7. The topological polar surface area (TPSA) is 194 Å². The first-order chi connectivity index (χ1) is 22.5. The molecule has 0 aromatic heterocycles. The molecule has 0 aliphatic carbocycles. The number of nitrogens with zero attached hydrogens (tertiary/aromatic N) is 1. The summed E-state index contributed by atoms with van der Waals surface area (Å²) in [5.74, 6) is 0.672. The molecule has 0 bridgehead atoms. The molecule has 0 unspecified atom stereocenters. The average Bonchev–Trinajstić information content (AvgIpc) is 3.07. The van der Waals surface area contributed by atoms with Gasteiger partial charge in [-0.25, -0.2) is 18.6 Å². The molecule has 0 radical (unpaired) electrons. The summed E-state index contributed by atoms with van der Waals surface area (Å²) < 4.78 is 34.0. The van der Waals surface area contributed by atoms with Crippen LogP contribution in [0.15, 0.2) is 157 Å². The number of nitro benzene ring substituents is 1. The molecule has 0 saturated carbocycles. The van der Waals surface area contributed by atoms with Crippen LogP contribution in [-0.4, -0.2) is 16.7 Å². The lowest BCUT2D eigenvalue weighted by Crippen LogP contribution is -2.68. The van der Waals surface area contributed by atoms with Crippen molar-refractivity contribution in [1.82, 2.24) is 5.32 Å². The Balaban J connectivity index is 0.000000930. The molecule has 0 saturated heterocycles. The van der Waals surface area contributed by atoms with Gasteiger partial charge in [0.25, 0.3) is 17.5 Å². The Morgan fingerprint density at radius 2 is 1.00 bits per heavy atom. The lowest BCUT2D eigenvalue weighted by Gasteiger charge is -2.25. The minimum absolute atomic E-state index is 0.0214. The van der Waals surface area contributed by atoms with E-state index < -0.39 is 34.2 Å². The van der Waals surface area contributed by atoms with E-state index in [9.17, 15) is 19.7 Å². The highest BCUT2D eigenvalue weighted by molar-refractivity contribution is 7.98. The number of carbonyl (C=O) groups is 2. The average molecular weight is 672 g/mol. The first-order valence-corrected chi connectivity index (χ1v) is 16.9. The minimum atomic E-state index is -4.94. The highest BCUT2D eigenvalue weighted by Crippen LogP contribution is 2.57. The fourth-order valence-corrected chi connectivity index (χ4v) is 8.55. The molecule has 0 atom stereocenters. The number of nitro groups is 1. The summed E-state index contributed by atoms with van der Waals surface area (Å²) in [5, 5.41) is 20.1. The van der Waals surface area contributed by atoms with Crippen molar-refractivity contribution in [3.63, 3.8) is 0 Å². The first-order valence-electron chi connectivity index (χ1n) is 13.8. The van der Waals surface area contributed by atoms with Gasteiger partial charge in [-0.2, -0.15) is 0 Å². The monoisotopic (exact) mass is 671 g/mol. The highest BCUT2D eigenvalue weighted by atomic mass is 35.7. The van der Waals surface area contributed by atoms with Crippen LogP contribution < -0.4 is 45.2 Å². The Kier molecular flexibility index (Phi) is 11.7. The molecule has 2 N–H and O–H groups in total. The Morgan fingerprint density at radius 3 is 1.43 bits per heavy atom. The molecule has 47 heavy (non-hydrogen) atoms. The summed E-state index contributed by atoms with van der Waals surface area (Å²) in [5.41, 5.74) is 0.113. The van der Waals surface area contributed by atoms with Gasteiger partial charge in [0.05, 0.1) is 4.92 Å². The molecule has 0 heterocycles. The number of benzene rings is 5. The van der Waals surface area contributed by atoms with Crippen LogP contribution in [0.5, 0.6) is 0 Å². The highest BCUT2D eigenvalue weighted by Gasteiger charge is 2.45. The molecule has 0 aliphatic heterocycles. The van der Waals surface area contributed by atoms with E-state index in [2.05, 4.69) is 10.6 Å². The van der Waals surface area contributed by atoms with Crippen molar-refractivity contribution in [1.29, 1.82) is 0 Å². The third kappa shape index (κ3) is 9.38. The fourth-order valence-electron chi connectivity index (χ4n) is 4.71. The zero-order valence-corrected chi connectivity index (χ0v) is 26.1. The van der Waals surface area contributed by atoms with E-state index in [1.165, 1.54) is 18.2 Å². The van der Waals surface area contributed by atoms with Gasteiger partial charge in [0.2, 0.25) is 0 Å². The number of amides is 2. The van der Waals surface area contributed by atoms with E-state index in [1.807, 2.05) is 96.8 Å². The molecule has 2 amide bonds. The number of carbonyl (C=O) groups excluding carboxylic acids is 2. The largest absolute Gasteiger partial charge is 0.315 e. The van der Waals surface area contributed by atoms with E-state index in [-0.39, 0.29) is 17.1 Å². The van der Waals surface area contributed by atoms with Crippen LogP contribution in [0.1, 0.15) is 10.4 Å². The molecule has 238 valence electrons. The molecule has 0 aliphatic rings. The van der Waals surface area contributed by atoms with Crippen LogP contribution in [0, 0.1) is 20.4 Å². The maximum atomic E-state index is 14.0. The SMILES string of the molecule is O=C(Nc1ccccc1[N+](=O)[O-])C(=C[P+](c1ccccc1)(c1ccccc1)c1ccccc1)NC(=O)c1ccccc1.[O-][Cl+3]([O-])([O-])[O-]. The van der Waals surface area contributed by atoms with Crippen LogP contribution in [0.25, 0.3) is 0 Å². The van der Waals surface area contributed by atoms with Gasteiger partial charge in [0.1, 0.15) is 40.4 Å². The number of nitrogens with one attached hydrogen (secondary N) is 2. The minimum Gasteiger partial charge on any atom is -0.315 e. The van der Waals surface area contributed by atoms with Gasteiger partial charge in [0.15, 0.2) is 0 Å². The Labute approximate surface area is 272 Å². The van der Waals surface area contributed by atoms with Gasteiger partial charge >= 0.3 is 0 Å². The third-order valence-corrected chi connectivity index (χ3v) is 10.7. The van der Waals surface area contributed by atoms with Crippen molar-refractivity contribution >= 4 is 46.4 Å². The van der Waals surface area contributed by atoms with E-state index >= 15 is 0 Å². The first kappa shape index (κ1) is 34.6. The van der Waals surface area contributed by atoms with Crippen molar-refractivity contribution < 1.29 is 43.4 Å². The van der Waals surface area contributed by atoms with E-state index in [4.69, 9.17) is 18.6 Å². The molecule has 5 rings (SSSR count). The second-order valence-electron chi connectivity index (χ2n) is 9.70. The summed E-state index contributed by atoms with van der Waals surface area (Å²) in [7, 11) is -7.66. The molecule has 5 aromatic rings. The molecular weight excluding hydrogens is 645 g/mol. The lowest BCUT2D eigenvalue weighted by molar-refractivity contribution is -2.00. The summed E-state index contributed by atoms with van der Waals surface area (Å²) in [6.07, 6.45) is 0.